The number of hydrogen-bond donors (Lipinski definition) is 1. The van der Waals surface area contributed by atoms with E-state index in [1.807, 2.05) is 0 Å². The number of halogens is 3. The third kappa shape index (κ3) is 5.66. The molecule has 20 heavy (non-hydrogen) atoms. The molecule has 0 aromatic heterocycles. The Balaban J connectivity index is 2.53. The summed E-state index contributed by atoms with van der Waals surface area (Å²) in [7, 11) is 1.51. The van der Waals surface area contributed by atoms with Gasteiger partial charge in [-0.05, 0) is 13.0 Å². The van der Waals surface area contributed by atoms with Gasteiger partial charge in [0.05, 0.1) is 13.7 Å². The molecule has 0 heterocycles. The third-order valence-electron chi connectivity index (χ3n) is 2.46. The zero-order valence-electron chi connectivity index (χ0n) is 11.4. The van der Waals surface area contributed by atoms with Gasteiger partial charge < -0.3 is 19.9 Å². The molecule has 0 saturated carbocycles. The topological polar surface area (TPSA) is 53.7 Å². The Bertz CT molecular complexity index is 422. The highest BCUT2D eigenvalue weighted by Crippen LogP contribution is 2.28. The molecule has 0 radical (unpaired) electrons. The fourth-order valence-electron chi connectivity index (χ4n) is 1.54. The molecule has 1 unspecified atom stereocenters. The van der Waals surface area contributed by atoms with Crippen LogP contribution in [0, 0.1) is 0 Å². The van der Waals surface area contributed by atoms with Crippen LogP contribution in [-0.4, -0.2) is 33.1 Å². The molecular weight excluding hydrogens is 275 g/mol. The number of methoxy groups -OCH3 is 1. The first kappa shape index (κ1) is 16.6. The zero-order chi connectivity index (χ0) is 15.2. The average Bonchev–Trinajstić information content (AvgIpc) is 2.36. The predicted octanol–water partition coefficient (Wildman–Crippen LogP) is 2.67. The minimum atomic E-state index is -4.33. The van der Waals surface area contributed by atoms with Crippen LogP contribution in [0.1, 0.15) is 18.5 Å². The molecular formula is C13H18F3NO3. The first-order valence-corrected chi connectivity index (χ1v) is 6.04. The molecule has 0 aliphatic carbocycles. The molecule has 0 fully saturated rings. The van der Waals surface area contributed by atoms with E-state index in [0.29, 0.717) is 11.5 Å². The summed E-state index contributed by atoms with van der Waals surface area (Å²) in [5, 5.41) is 0. The molecule has 114 valence electrons. The van der Waals surface area contributed by atoms with E-state index in [4.69, 9.17) is 15.2 Å². The quantitative estimate of drug-likeness (QED) is 0.785. The SMILES string of the molecule is COc1ccc(C(C)N)c(OCCOCC(F)(F)F)c1. The van der Waals surface area contributed by atoms with Crippen molar-refractivity contribution < 1.29 is 27.4 Å². The van der Waals surface area contributed by atoms with Crippen molar-refractivity contribution in [3.05, 3.63) is 23.8 Å². The highest BCUT2D eigenvalue weighted by molar-refractivity contribution is 5.42. The smallest absolute Gasteiger partial charge is 0.411 e. The van der Waals surface area contributed by atoms with Crippen LogP contribution in [0.3, 0.4) is 0 Å². The van der Waals surface area contributed by atoms with Crippen molar-refractivity contribution in [1.82, 2.24) is 0 Å². The van der Waals surface area contributed by atoms with Crippen molar-refractivity contribution in [2.45, 2.75) is 19.1 Å². The van der Waals surface area contributed by atoms with Crippen LogP contribution in [0.25, 0.3) is 0 Å². The van der Waals surface area contributed by atoms with Crippen molar-refractivity contribution >= 4 is 0 Å². The highest BCUT2D eigenvalue weighted by atomic mass is 19.4. The van der Waals surface area contributed by atoms with Crippen LogP contribution in [0.4, 0.5) is 13.2 Å². The number of rotatable bonds is 7. The molecule has 0 amide bonds. The minimum absolute atomic E-state index is 0.00294. The van der Waals surface area contributed by atoms with Crippen molar-refractivity contribution in [2.75, 3.05) is 26.9 Å². The molecule has 7 heteroatoms. The molecule has 1 rings (SSSR count). The standard InChI is InChI=1S/C13H18F3NO3/c1-9(17)11-4-3-10(18-2)7-12(11)20-6-5-19-8-13(14,15)16/h3-4,7,9H,5-6,8,17H2,1-2H3. The van der Waals surface area contributed by atoms with Gasteiger partial charge in [0.25, 0.3) is 0 Å². The second-order valence-electron chi connectivity index (χ2n) is 4.21. The maximum absolute atomic E-state index is 11.9. The number of nitrogens with two attached hydrogens (primary N) is 1. The van der Waals surface area contributed by atoms with Crippen LogP contribution in [0.15, 0.2) is 18.2 Å². The number of benzene rings is 1. The monoisotopic (exact) mass is 293 g/mol. The van der Waals surface area contributed by atoms with Gasteiger partial charge in [-0.1, -0.05) is 6.07 Å². The van der Waals surface area contributed by atoms with E-state index in [1.54, 1.807) is 25.1 Å². The van der Waals surface area contributed by atoms with Crippen LogP contribution in [-0.2, 0) is 4.74 Å². The Labute approximate surface area is 115 Å². The highest BCUT2D eigenvalue weighted by Gasteiger charge is 2.27. The summed E-state index contributed by atoms with van der Waals surface area (Å²) in [6, 6.07) is 4.89. The molecule has 0 spiro atoms. The summed E-state index contributed by atoms with van der Waals surface area (Å²) in [6.07, 6.45) is -4.33. The summed E-state index contributed by atoms with van der Waals surface area (Å²) in [4.78, 5) is 0. The van der Waals surface area contributed by atoms with Gasteiger partial charge >= 0.3 is 6.18 Å². The van der Waals surface area contributed by atoms with Gasteiger partial charge in [-0.15, -0.1) is 0 Å². The summed E-state index contributed by atoms with van der Waals surface area (Å²) >= 11 is 0. The van der Waals surface area contributed by atoms with Gasteiger partial charge in [-0.2, -0.15) is 13.2 Å². The van der Waals surface area contributed by atoms with E-state index in [0.717, 1.165) is 5.56 Å². The molecule has 0 bridgehead atoms. The molecule has 4 nitrogen and oxygen atoms in total. The lowest BCUT2D eigenvalue weighted by Crippen LogP contribution is -2.19. The van der Waals surface area contributed by atoms with Gasteiger partial charge in [0.2, 0.25) is 0 Å². The lowest BCUT2D eigenvalue weighted by atomic mass is 10.1. The number of hydrogen-bond acceptors (Lipinski definition) is 4. The average molecular weight is 293 g/mol. The normalized spacial score (nSPS) is 13.1. The van der Waals surface area contributed by atoms with E-state index < -0.39 is 12.8 Å². The second kappa shape index (κ2) is 7.35. The van der Waals surface area contributed by atoms with Gasteiger partial charge in [0.1, 0.15) is 24.7 Å². The largest absolute Gasteiger partial charge is 0.497 e. The Kier molecular flexibility index (Phi) is 6.09. The van der Waals surface area contributed by atoms with E-state index in [1.165, 1.54) is 7.11 Å². The third-order valence-corrected chi connectivity index (χ3v) is 2.46. The summed E-state index contributed by atoms with van der Waals surface area (Å²) < 4.78 is 50.6. The summed E-state index contributed by atoms with van der Waals surface area (Å²) in [5.74, 6) is 1.07. The van der Waals surface area contributed by atoms with E-state index >= 15 is 0 Å². The van der Waals surface area contributed by atoms with E-state index in [9.17, 15) is 13.2 Å². The zero-order valence-corrected chi connectivity index (χ0v) is 11.4. The summed E-state index contributed by atoms with van der Waals surface area (Å²) in [5.41, 5.74) is 6.54. The molecule has 0 aliphatic heterocycles. The van der Waals surface area contributed by atoms with E-state index in [-0.39, 0.29) is 19.3 Å². The molecule has 2 N–H and O–H groups in total. The van der Waals surface area contributed by atoms with Crippen molar-refractivity contribution in [3.63, 3.8) is 0 Å². The molecule has 1 aromatic carbocycles. The Morgan fingerprint density at radius 3 is 2.50 bits per heavy atom. The molecule has 1 aromatic rings. The van der Waals surface area contributed by atoms with Crippen LogP contribution in [0.2, 0.25) is 0 Å². The van der Waals surface area contributed by atoms with Crippen molar-refractivity contribution in [3.8, 4) is 11.5 Å². The first-order chi connectivity index (χ1) is 9.33. The maximum Gasteiger partial charge on any atom is 0.411 e. The maximum atomic E-state index is 11.9. The molecule has 1 atom stereocenters. The Morgan fingerprint density at radius 2 is 1.95 bits per heavy atom. The minimum Gasteiger partial charge on any atom is -0.497 e. The van der Waals surface area contributed by atoms with Gasteiger partial charge in [0.15, 0.2) is 0 Å². The van der Waals surface area contributed by atoms with Crippen molar-refractivity contribution in [1.29, 1.82) is 0 Å². The molecule has 0 saturated heterocycles. The van der Waals surface area contributed by atoms with Crippen LogP contribution < -0.4 is 15.2 Å². The van der Waals surface area contributed by atoms with Crippen LogP contribution >= 0.6 is 0 Å². The lowest BCUT2D eigenvalue weighted by Gasteiger charge is -2.15. The fourth-order valence-corrected chi connectivity index (χ4v) is 1.54. The van der Waals surface area contributed by atoms with Gasteiger partial charge in [-0.25, -0.2) is 0 Å². The van der Waals surface area contributed by atoms with E-state index in [2.05, 4.69) is 4.74 Å². The number of alkyl halides is 3. The van der Waals surface area contributed by atoms with Crippen molar-refractivity contribution in [2.24, 2.45) is 5.73 Å². The number of ether oxygens (including phenoxy) is 3. The lowest BCUT2D eigenvalue weighted by molar-refractivity contribution is -0.175. The first-order valence-electron chi connectivity index (χ1n) is 6.04. The molecule has 0 aliphatic rings. The predicted molar refractivity (Wildman–Crippen MR) is 68.0 cm³/mol. The Hall–Kier alpha value is -1.47. The van der Waals surface area contributed by atoms with Gasteiger partial charge in [0, 0.05) is 17.7 Å². The fraction of sp³-hybridized carbons (Fsp3) is 0.538. The van der Waals surface area contributed by atoms with Gasteiger partial charge in [-0.3, -0.25) is 0 Å². The van der Waals surface area contributed by atoms with Crippen LogP contribution in [0.5, 0.6) is 11.5 Å². The Morgan fingerprint density at radius 1 is 1.25 bits per heavy atom. The second-order valence-corrected chi connectivity index (χ2v) is 4.21. The summed E-state index contributed by atoms with van der Waals surface area (Å²) in [6.45, 7) is 0.349.